The second-order valence-corrected chi connectivity index (χ2v) is 3.09. The fourth-order valence-corrected chi connectivity index (χ4v) is 1.23. The van der Waals surface area contributed by atoms with Crippen molar-refractivity contribution in [3.63, 3.8) is 0 Å². The molecule has 0 unspecified atom stereocenters. The summed E-state index contributed by atoms with van der Waals surface area (Å²) >= 11 is 0. The molecule has 1 aromatic carbocycles. The van der Waals surface area contributed by atoms with Gasteiger partial charge in [0.2, 0.25) is 0 Å². The Morgan fingerprint density at radius 3 is 2.22 bits per heavy atom. The molecule has 0 amide bonds. The molecule has 0 aliphatic rings. The molecule has 0 fully saturated rings. The fourth-order valence-electron chi connectivity index (χ4n) is 1.23. The lowest BCUT2D eigenvalue weighted by molar-refractivity contribution is 0.0696. The number of carbonyl (C=O) groups is 2. The first kappa shape index (κ1) is 13.4. The van der Waals surface area contributed by atoms with Gasteiger partial charge in [0.1, 0.15) is 6.34 Å². The van der Waals surface area contributed by atoms with Gasteiger partial charge < -0.3 is 10.2 Å². The number of aliphatic imine (C=N–C) groups is 1. The summed E-state index contributed by atoms with van der Waals surface area (Å²) in [6.45, 7) is 1.68. The molecule has 0 atom stereocenters. The van der Waals surface area contributed by atoms with Gasteiger partial charge in [0, 0.05) is 6.21 Å². The molecule has 1 aromatic rings. The average molecular weight is 249 g/mol. The monoisotopic (exact) mass is 249 g/mol. The third kappa shape index (κ3) is 3.14. The number of hydrogen-bond donors (Lipinski definition) is 3. The maximum absolute atomic E-state index is 11.0. The number of hydrogen-bond acceptors (Lipinski definition) is 4. The summed E-state index contributed by atoms with van der Waals surface area (Å²) < 4.78 is 0. The lowest BCUT2D eigenvalue weighted by Crippen LogP contribution is -2.05. The predicted molar refractivity (Wildman–Crippen MR) is 65.8 cm³/mol. The van der Waals surface area contributed by atoms with Crippen molar-refractivity contribution < 1.29 is 19.8 Å². The van der Waals surface area contributed by atoms with E-state index in [0.717, 1.165) is 6.34 Å². The Morgan fingerprint density at radius 1 is 1.22 bits per heavy atom. The third-order valence-electron chi connectivity index (χ3n) is 1.95. The van der Waals surface area contributed by atoms with Crippen LogP contribution < -0.4 is 5.43 Å². The van der Waals surface area contributed by atoms with Crippen molar-refractivity contribution >= 4 is 30.2 Å². The summed E-state index contributed by atoms with van der Waals surface area (Å²) in [5.74, 6) is -2.49. The van der Waals surface area contributed by atoms with Crippen molar-refractivity contribution in [3.8, 4) is 0 Å². The number of carboxylic acid groups (broad SMARTS) is 2. The molecule has 7 heteroatoms. The van der Waals surface area contributed by atoms with Gasteiger partial charge in [-0.2, -0.15) is 5.10 Å². The van der Waals surface area contributed by atoms with Crippen LogP contribution >= 0.6 is 0 Å². The molecular formula is C11H11N3O4. The van der Waals surface area contributed by atoms with Crippen LogP contribution in [0.2, 0.25) is 0 Å². The Bertz CT molecular complexity index is 491. The van der Waals surface area contributed by atoms with Crippen LogP contribution in [0.4, 0.5) is 5.69 Å². The minimum Gasteiger partial charge on any atom is -0.478 e. The number of nitrogens with one attached hydrogen (secondary N) is 1. The zero-order valence-electron chi connectivity index (χ0n) is 9.49. The van der Waals surface area contributed by atoms with Crippen LogP contribution in [0.25, 0.3) is 0 Å². The Balaban J connectivity index is 3.23. The highest BCUT2D eigenvalue weighted by atomic mass is 16.4. The normalized spacial score (nSPS) is 10.9. The van der Waals surface area contributed by atoms with E-state index in [4.69, 9.17) is 10.2 Å². The summed E-state index contributed by atoms with van der Waals surface area (Å²) in [4.78, 5) is 25.7. The number of aromatic carboxylic acids is 2. The molecular weight excluding hydrogens is 238 g/mol. The average Bonchev–Trinajstić information content (AvgIpc) is 2.34. The van der Waals surface area contributed by atoms with Gasteiger partial charge in [-0.3, -0.25) is 5.43 Å². The van der Waals surface area contributed by atoms with Crippen molar-refractivity contribution in [1.82, 2.24) is 5.43 Å². The van der Waals surface area contributed by atoms with E-state index in [9.17, 15) is 9.59 Å². The maximum Gasteiger partial charge on any atom is 0.337 e. The van der Waals surface area contributed by atoms with Crippen LogP contribution in [0, 0.1) is 0 Å². The second-order valence-electron chi connectivity index (χ2n) is 3.09. The van der Waals surface area contributed by atoms with E-state index in [0.29, 0.717) is 0 Å². The first-order chi connectivity index (χ1) is 8.57. The topological polar surface area (TPSA) is 111 Å². The number of para-hydroxylation sites is 1. The van der Waals surface area contributed by atoms with Crippen molar-refractivity contribution in [2.75, 3.05) is 0 Å². The number of hydrazone groups is 1. The van der Waals surface area contributed by atoms with Gasteiger partial charge in [0.15, 0.2) is 0 Å². The summed E-state index contributed by atoms with van der Waals surface area (Å²) in [5, 5.41) is 21.5. The third-order valence-corrected chi connectivity index (χ3v) is 1.95. The minimum atomic E-state index is -1.25. The first-order valence-corrected chi connectivity index (χ1v) is 4.93. The molecule has 3 N–H and O–H groups in total. The van der Waals surface area contributed by atoms with Crippen molar-refractivity contribution in [1.29, 1.82) is 0 Å². The van der Waals surface area contributed by atoms with E-state index in [1.54, 1.807) is 6.92 Å². The highest BCUT2D eigenvalue weighted by Crippen LogP contribution is 2.24. The van der Waals surface area contributed by atoms with Crippen molar-refractivity contribution in [2.24, 2.45) is 10.1 Å². The first-order valence-electron chi connectivity index (χ1n) is 4.93. The molecule has 0 radical (unpaired) electrons. The lowest BCUT2D eigenvalue weighted by Gasteiger charge is -2.04. The van der Waals surface area contributed by atoms with Crippen LogP contribution in [0.5, 0.6) is 0 Å². The summed E-state index contributed by atoms with van der Waals surface area (Å²) in [6.07, 6.45) is 2.58. The van der Waals surface area contributed by atoms with E-state index < -0.39 is 11.9 Å². The van der Waals surface area contributed by atoms with Crippen LogP contribution in [0.15, 0.2) is 28.3 Å². The molecule has 0 saturated carbocycles. The van der Waals surface area contributed by atoms with E-state index >= 15 is 0 Å². The van der Waals surface area contributed by atoms with Gasteiger partial charge in [0.25, 0.3) is 0 Å². The van der Waals surface area contributed by atoms with E-state index in [-0.39, 0.29) is 16.8 Å². The Labute approximate surface area is 102 Å². The Kier molecular flexibility index (Phi) is 4.56. The number of benzene rings is 1. The second kappa shape index (κ2) is 6.14. The van der Waals surface area contributed by atoms with Crippen LogP contribution in [-0.4, -0.2) is 34.7 Å². The van der Waals surface area contributed by atoms with E-state index in [1.165, 1.54) is 24.4 Å². The van der Waals surface area contributed by atoms with Crippen molar-refractivity contribution in [2.45, 2.75) is 6.92 Å². The van der Waals surface area contributed by atoms with E-state index in [1.807, 2.05) is 0 Å². The van der Waals surface area contributed by atoms with E-state index in [2.05, 4.69) is 15.5 Å². The summed E-state index contributed by atoms with van der Waals surface area (Å²) in [6, 6.07) is 3.92. The molecule has 0 aliphatic heterocycles. The van der Waals surface area contributed by atoms with Crippen LogP contribution in [0.3, 0.4) is 0 Å². The smallest absolute Gasteiger partial charge is 0.337 e. The van der Waals surface area contributed by atoms with Crippen LogP contribution in [-0.2, 0) is 0 Å². The summed E-state index contributed by atoms with van der Waals surface area (Å²) in [7, 11) is 0. The minimum absolute atomic E-state index is 0.128. The molecule has 0 saturated heterocycles. The van der Waals surface area contributed by atoms with Crippen LogP contribution in [0.1, 0.15) is 27.6 Å². The Morgan fingerprint density at radius 2 is 1.78 bits per heavy atom. The van der Waals surface area contributed by atoms with Gasteiger partial charge >= 0.3 is 11.9 Å². The molecule has 18 heavy (non-hydrogen) atoms. The van der Waals surface area contributed by atoms with Crippen molar-refractivity contribution in [3.05, 3.63) is 29.3 Å². The lowest BCUT2D eigenvalue weighted by atomic mass is 10.1. The molecule has 0 aromatic heterocycles. The Hall–Kier alpha value is -2.70. The molecule has 0 heterocycles. The molecule has 0 bridgehead atoms. The largest absolute Gasteiger partial charge is 0.478 e. The SMILES string of the molecule is C/C=N\NC=Nc1c(C(=O)O)cccc1C(=O)O. The quantitative estimate of drug-likeness (QED) is 0.414. The van der Waals surface area contributed by atoms with Gasteiger partial charge in [-0.15, -0.1) is 0 Å². The number of rotatable bonds is 5. The molecule has 0 aliphatic carbocycles. The maximum atomic E-state index is 11.0. The standard InChI is InChI=1S/C11H11N3O4/c1-2-13-14-6-12-9-7(10(15)16)4-3-5-8(9)11(17)18/h2-6H,1H3,(H,12,14)(H,15,16)(H,17,18)/b13-2-. The highest BCUT2D eigenvalue weighted by Gasteiger charge is 2.17. The number of carboxylic acids is 2. The zero-order chi connectivity index (χ0) is 13.5. The van der Waals surface area contributed by atoms with Gasteiger partial charge in [-0.25, -0.2) is 14.6 Å². The van der Waals surface area contributed by atoms with Gasteiger partial charge in [-0.1, -0.05) is 6.07 Å². The highest BCUT2D eigenvalue weighted by molar-refractivity contribution is 6.02. The molecule has 1 rings (SSSR count). The number of nitrogens with zero attached hydrogens (tertiary/aromatic N) is 2. The zero-order valence-corrected chi connectivity index (χ0v) is 9.49. The molecule has 7 nitrogen and oxygen atoms in total. The van der Waals surface area contributed by atoms with Gasteiger partial charge in [-0.05, 0) is 19.1 Å². The fraction of sp³-hybridized carbons (Fsp3) is 0.0909. The predicted octanol–water partition coefficient (Wildman–Crippen LogP) is 1.34. The molecule has 0 spiro atoms. The van der Waals surface area contributed by atoms with Gasteiger partial charge in [0.05, 0.1) is 16.8 Å². The summed E-state index contributed by atoms with van der Waals surface area (Å²) in [5.41, 5.74) is 1.91. The molecule has 94 valence electrons.